The van der Waals surface area contributed by atoms with Crippen molar-refractivity contribution in [3.63, 3.8) is 0 Å². The number of nitrogens with zero attached hydrogens (tertiary/aromatic N) is 1. The molecule has 6 heteroatoms. The van der Waals surface area contributed by atoms with Crippen molar-refractivity contribution in [2.45, 2.75) is 32.9 Å². The number of thioether (sulfide) groups is 1. The fourth-order valence-electron chi connectivity index (χ4n) is 2.58. The quantitative estimate of drug-likeness (QED) is 0.578. The van der Waals surface area contributed by atoms with Crippen LogP contribution in [0.2, 0.25) is 5.02 Å². The summed E-state index contributed by atoms with van der Waals surface area (Å²) in [5.74, 6) is 0.382. The molecule has 1 fully saturated rings. The Morgan fingerprint density at radius 3 is 2.59 bits per heavy atom. The van der Waals surface area contributed by atoms with Crippen LogP contribution < -0.4 is 4.74 Å². The summed E-state index contributed by atoms with van der Waals surface area (Å²) in [5, 5.41) is 0.235. The molecule has 4 nitrogen and oxygen atoms in total. The summed E-state index contributed by atoms with van der Waals surface area (Å²) in [4.78, 5) is 26.7. The second kappa shape index (κ2) is 8.63. The van der Waals surface area contributed by atoms with E-state index in [1.54, 1.807) is 12.1 Å². The number of amides is 2. The van der Waals surface area contributed by atoms with E-state index in [4.69, 9.17) is 16.3 Å². The molecule has 0 radical (unpaired) electrons. The highest BCUT2D eigenvalue weighted by Gasteiger charge is 2.35. The highest BCUT2D eigenvalue weighted by molar-refractivity contribution is 8.18. The average molecular weight is 402 g/mol. The standard InChI is InChI=1S/C21H20ClNO3S/c1-3-14(2)26-18-11-7-5-8-15(18)12-19-20(24)23(21(25)27-19)13-16-9-4-6-10-17(16)22/h4-12,14H,3,13H2,1-2H3/b19-12+/t14-/m0/s1. The third kappa shape index (κ3) is 4.54. The van der Waals surface area contributed by atoms with Crippen molar-refractivity contribution in [2.75, 3.05) is 0 Å². The summed E-state index contributed by atoms with van der Waals surface area (Å²) in [5.41, 5.74) is 1.52. The average Bonchev–Trinajstić information content (AvgIpc) is 2.92. The number of imide groups is 1. The first-order valence-electron chi connectivity index (χ1n) is 8.74. The number of hydrogen-bond donors (Lipinski definition) is 0. The Hall–Kier alpha value is -2.24. The van der Waals surface area contributed by atoms with Gasteiger partial charge < -0.3 is 4.74 Å². The van der Waals surface area contributed by atoms with Gasteiger partial charge in [-0.2, -0.15) is 0 Å². The van der Waals surface area contributed by atoms with Crippen molar-refractivity contribution in [3.8, 4) is 5.75 Å². The molecular weight excluding hydrogens is 382 g/mol. The summed E-state index contributed by atoms with van der Waals surface area (Å²) < 4.78 is 5.92. The Balaban J connectivity index is 1.84. The molecule has 1 saturated heterocycles. The smallest absolute Gasteiger partial charge is 0.293 e. The van der Waals surface area contributed by atoms with Gasteiger partial charge in [0.2, 0.25) is 0 Å². The molecule has 1 heterocycles. The fourth-order valence-corrected chi connectivity index (χ4v) is 3.61. The molecule has 2 aromatic carbocycles. The van der Waals surface area contributed by atoms with E-state index in [1.807, 2.05) is 56.3 Å². The van der Waals surface area contributed by atoms with Crippen molar-refractivity contribution in [1.82, 2.24) is 4.90 Å². The van der Waals surface area contributed by atoms with Crippen LogP contribution in [0.15, 0.2) is 53.4 Å². The van der Waals surface area contributed by atoms with Gasteiger partial charge in [0.1, 0.15) is 5.75 Å². The number of halogens is 1. The predicted octanol–water partition coefficient (Wildman–Crippen LogP) is 5.75. The molecule has 0 aromatic heterocycles. The normalized spacial score (nSPS) is 16.9. The lowest BCUT2D eigenvalue weighted by Gasteiger charge is -2.15. The van der Waals surface area contributed by atoms with Gasteiger partial charge in [-0.1, -0.05) is 54.9 Å². The van der Waals surface area contributed by atoms with Crippen LogP contribution in [0.5, 0.6) is 5.75 Å². The number of hydrogen-bond acceptors (Lipinski definition) is 4. The molecule has 0 bridgehead atoms. The number of rotatable bonds is 6. The molecule has 0 unspecified atom stereocenters. The van der Waals surface area contributed by atoms with Crippen LogP contribution in [0.25, 0.3) is 6.08 Å². The third-order valence-electron chi connectivity index (χ3n) is 4.27. The summed E-state index contributed by atoms with van der Waals surface area (Å²) in [6.07, 6.45) is 2.66. The largest absolute Gasteiger partial charge is 0.490 e. The van der Waals surface area contributed by atoms with Crippen LogP contribution in [0.4, 0.5) is 4.79 Å². The molecule has 3 rings (SSSR count). The Labute approximate surface area is 168 Å². The van der Waals surface area contributed by atoms with Crippen molar-refractivity contribution >= 4 is 40.6 Å². The first kappa shape index (κ1) is 19.5. The maximum absolute atomic E-state index is 12.8. The van der Waals surface area contributed by atoms with Crippen LogP contribution >= 0.6 is 23.4 Å². The van der Waals surface area contributed by atoms with Gasteiger partial charge in [-0.3, -0.25) is 14.5 Å². The van der Waals surface area contributed by atoms with Crippen LogP contribution in [0.1, 0.15) is 31.4 Å². The lowest BCUT2D eigenvalue weighted by atomic mass is 10.1. The van der Waals surface area contributed by atoms with Gasteiger partial charge in [0.25, 0.3) is 11.1 Å². The molecular formula is C21H20ClNO3S. The molecule has 2 amide bonds. The first-order chi connectivity index (χ1) is 13.0. The van der Waals surface area contributed by atoms with Gasteiger partial charge in [0, 0.05) is 10.6 Å². The zero-order valence-electron chi connectivity index (χ0n) is 15.1. The molecule has 0 N–H and O–H groups in total. The van der Waals surface area contributed by atoms with Crippen molar-refractivity contribution in [3.05, 3.63) is 69.6 Å². The number of carbonyl (C=O) groups is 2. The zero-order chi connectivity index (χ0) is 19.4. The molecule has 140 valence electrons. The Bertz CT molecular complexity index is 897. The highest BCUT2D eigenvalue weighted by atomic mass is 35.5. The minimum absolute atomic E-state index is 0.0647. The monoisotopic (exact) mass is 401 g/mol. The number of benzene rings is 2. The first-order valence-corrected chi connectivity index (χ1v) is 9.93. The van der Waals surface area contributed by atoms with E-state index in [1.165, 1.54) is 4.90 Å². The van der Waals surface area contributed by atoms with Gasteiger partial charge in [-0.15, -0.1) is 0 Å². The SMILES string of the molecule is CC[C@H](C)Oc1ccccc1/C=C1/SC(=O)N(Cc2ccccc2Cl)C1=O. The predicted molar refractivity (Wildman–Crippen MR) is 110 cm³/mol. The zero-order valence-corrected chi connectivity index (χ0v) is 16.7. The Morgan fingerprint density at radius 2 is 1.85 bits per heavy atom. The van der Waals surface area contributed by atoms with E-state index in [0.29, 0.717) is 15.7 Å². The minimum Gasteiger partial charge on any atom is -0.490 e. The van der Waals surface area contributed by atoms with Crippen LogP contribution in [0, 0.1) is 0 Å². The molecule has 1 atom stereocenters. The summed E-state index contributed by atoms with van der Waals surface area (Å²) in [6, 6.07) is 14.7. The molecule has 0 spiro atoms. The third-order valence-corrected chi connectivity index (χ3v) is 5.54. The number of ether oxygens (including phenoxy) is 1. The summed E-state index contributed by atoms with van der Waals surface area (Å²) >= 11 is 7.09. The van der Waals surface area contributed by atoms with E-state index in [2.05, 4.69) is 0 Å². The van der Waals surface area contributed by atoms with E-state index >= 15 is 0 Å². The lowest BCUT2D eigenvalue weighted by Crippen LogP contribution is -2.27. The van der Waals surface area contributed by atoms with Gasteiger partial charge in [-0.05, 0) is 48.9 Å². The minimum atomic E-state index is -0.316. The van der Waals surface area contributed by atoms with Gasteiger partial charge in [-0.25, -0.2) is 0 Å². The van der Waals surface area contributed by atoms with Crippen molar-refractivity contribution in [1.29, 1.82) is 0 Å². The van der Waals surface area contributed by atoms with Crippen LogP contribution in [-0.4, -0.2) is 22.2 Å². The van der Waals surface area contributed by atoms with E-state index < -0.39 is 0 Å². The van der Waals surface area contributed by atoms with Gasteiger partial charge in [0.15, 0.2) is 0 Å². The molecule has 1 aliphatic rings. The van der Waals surface area contributed by atoms with E-state index in [-0.39, 0.29) is 23.8 Å². The van der Waals surface area contributed by atoms with Gasteiger partial charge in [0.05, 0.1) is 17.6 Å². The number of para-hydroxylation sites is 1. The van der Waals surface area contributed by atoms with Gasteiger partial charge >= 0.3 is 0 Å². The maximum Gasteiger partial charge on any atom is 0.293 e. The molecule has 2 aromatic rings. The highest BCUT2D eigenvalue weighted by Crippen LogP contribution is 2.35. The summed E-state index contributed by atoms with van der Waals surface area (Å²) in [6.45, 7) is 4.20. The molecule has 0 saturated carbocycles. The van der Waals surface area contributed by atoms with E-state index in [9.17, 15) is 9.59 Å². The molecule has 27 heavy (non-hydrogen) atoms. The van der Waals surface area contributed by atoms with Crippen LogP contribution in [-0.2, 0) is 11.3 Å². The number of carbonyl (C=O) groups excluding carboxylic acids is 2. The Kier molecular flexibility index (Phi) is 6.24. The Morgan fingerprint density at radius 1 is 1.15 bits per heavy atom. The van der Waals surface area contributed by atoms with Crippen LogP contribution in [0.3, 0.4) is 0 Å². The molecule has 0 aliphatic carbocycles. The van der Waals surface area contributed by atoms with E-state index in [0.717, 1.165) is 29.3 Å². The second-order valence-corrected chi connectivity index (χ2v) is 7.63. The fraction of sp³-hybridized carbons (Fsp3) is 0.238. The topological polar surface area (TPSA) is 46.6 Å². The molecule has 1 aliphatic heterocycles. The van der Waals surface area contributed by atoms with Crippen molar-refractivity contribution in [2.24, 2.45) is 0 Å². The summed E-state index contributed by atoms with van der Waals surface area (Å²) in [7, 11) is 0. The van der Waals surface area contributed by atoms with Crippen molar-refractivity contribution < 1.29 is 14.3 Å². The second-order valence-electron chi connectivity index (χ2n) is 6.23. The lowest BCUT2D eigenvalue weighted by molar-refractivity contribution is -0.123. The maximum atomic E-state index is 12.8.